The fraction of sp³-hybridized carbons (Fsp3) is 0.500. The summed E-state index contributed by atoms with van der Waals surface area (Å²) in [7, 11) is 0. The summed E-state index contributed by atoms with van der Waals surface area (Å²) < 4.78 is 0. The van der Waals surface area contributed by atoms with Gasteiger partial charge in [-0.2, -0.15) is 10.1 Å². The van der Waals surface area contributed by atoms with Crippen LogP contribution in [0.15, 0.2) is 30.5 Å². The number of anilines is 3. The first-order chi connectivity index (χ1) is 11.0. The number of nitrogens with zero attached hydrogens (tertiary/aromatic N) is 4. The number of nitrogens with one attached hydrogen (secondary N) is 1. The van der Waals surface area contributed by atoms with Crippen molar-refractivity contribution >= 4 is 17.5 Å². The molecule has 1 saturated heterocycles. The first-order valence-electron chi connectivity index (χ1n) is 8.35. The molecule has 1 aromatic carbocycles. The third kappa shape index (κ3) is 3.97. The molecule has 23 heavy (non-hydrogen) atoms. The molecule has 1 aliphatic heterocycles. The van der Waals surface area contributed by atoms with Gasteiger partial charge in [-0.05, 0) is 42.4 Å². The predicted octanol–water partition coefficient (Wildman–Crippen LogP) is 3.90. The Balaban J connectivity index is 1.72. The molecule has 0 unspecified atom stereocenters. The van der Waals surface area contributed by atoms with Gasteiger partial charge in [-0.1, -0.05) is 32.9 Å². The highest BCUT2D eigenvalue weighted by Gasteiger charge is 2.14. The van der Waals surface area contributed by atoms with Crippen molar-refractivity contribution in [3.8, 4) is 0 Å². The number of rotatable bonds is 3. The molecule has 0 spiro atoms. The second-order valence-corrected chi connectivity index (χ2v) is 7.14. The smallest absolute Gasteiger partial charge is 0.249 e. The van der Waals surface area contributed by atoms with Gasteiger partial charge in [0.1, 0.15) is 0 Å². The highest BCUT2D eigenvalue weighted by molar-refractivity contribution is 5.55. The topological polar surface area (TPSA) is 53.9 Å². The van der Waals surface area contributed by atoms with Crippen molar-refractivity contribution in [3.05, 3.63) is 36.0 Å². The van der Waals surface area contributed by atoms with E-state index in [2.05, 4.69) is 70.4 Å². The summed E-state index contributed by atoms with van der Waals surface area (Å²) in [5.41, 5.74) is 2.45. The van der Waals surface area contributed by atoms with Crippen molar-refractivity contribution in [2.75, 3.05) is 23.3 Å². The molecule has 122 valence electrons. The maximum atomic E-state index is 4.60. The Hall–Kier alpha value is -2.17. The lowest BCUT2D eigenvalue weighted by Gasteiger charge is -2.27. The maximum absolute atomic E-state index is 4.60. The molecule has 2 aromatic rings. The maximum Gasteiger partial charge on any atom is 0.249 e. The Bertz CT molecular complexity index is 639. The molecule has 0 atom stereocenters. The molecule has 2 heterocycles. The molecule has 0 bridgehead atoms. The van der Waals surface area contributed by atoms with Crippen molar-refractivity contribution in [2.45, 2.75) is 45.4 Å². The van der Waals surface area contributed by atoms with E-state index in [0.29, 0.717) is 5.95 Å². The highest BCUT2D eigenvalue weighted by atomic mass is 15.3. The third-order valence-electron chi connectivity index (χ3n) is 4.23. The van der Waals surface area contributed by atoms with Crippen LogP contribution in [0.2, 0.25) is 0 Å². The zero-order chi connectivity index (χ0) is 16.3. The summed E-state index contributed by atoms with van der Waals surface area (Å²) in [5.74, 6) is 1.46. The van der Waals surface area contributed by atoms with Crippen LogP contribution in [0.3, 0.4) is 0 Å². The van der Waals surface area contributed by atoms with Gasteiger partial charge in [-0.15, -0.1) is 5.10 Å². The summed E-state index contributed by atoms with van der Waals surface area (Å²) >= 11 is 0. The predicted molar refractivity (Wildman–Crippen MR) is 94.3 cm³/mol. The normalized spacial score (nSPS) is 15.5. The zero-order valence-electron chi connectivity index (χ0n) is 14.2. The van der Waals surface area contributed by atoms with Gasteiger partial charge in [0, 0.05) is 18.8 Å². The summed E-state index contributed by atoms with van der Waals surface area (Å²) in [4.78, 5) is 6.89. The van der Waals surface area contributed by atoms with E-state index in [-0.39, 0.29) is 5.41 Å². The van der Waals surface area contributed by atoms with E-state index in [4.69, 9.17) is 0 Å². The zero-order valence-corrected chi connectivity index (χ0v) is 14.2. The first kappa shape index (κ1) is 15.7. The van der Waals surface area contributed by atoms with Crippen LogP contribution in [0.25, 0.3) is 0 Å². The van der Waals surface area contributed by atoms with Gasteiger partial charge >= 0.3 is 0 Å². The Kier molecular flexibility index (Phi) is 4.46. The van der Waals surface area contributed by atoms with Gasteiger partial charge in [0.2, 0.25) is 5.95 Å². The minimum atomic E-state index is 0.158. The van der Waals surface area contributed by atoms with Crippen LogP contribution in [0.4, 0.5) is 17.5 Å². The molecule has 3 rings (SSSR count). The van der Waals surface area contributed by atoms with Gasteiger partial charge in [0.15, 0.2) is 5.82 Å². The van der Waals surface area contributed by atoms with E-state index in [1.54, 1.807) is 6.20 Å². The second-order valence-electron chi connectivity index (χ2n) is 7.14. The average Bonchev–Trinajstić information content (AvgIpc) is 2.56. The summed E-state index contributed by atoms with van der Waals surface area (Å²) in [6.07, 6.45) is 5.50. The monoisotopic (exact) mass is 311 g/mol. The van der Waals surface area contributed by atoms with Crippen LogP contribution in [-0.2, 0) is 5.41 Å². The molecule has 1 aliphatic rings. The van der Waals surface area contributed by atoms with E-state index in [1.165, 1.54) is 24.8 Å². The van der Waals surface area contributed by atoms with E-state index >= 15 is 0 Å². The quantitative estimate of drug-likeness (QED) is 0.931. The van der Waals surface area contributed by atoms with Gasteiger partial charge in [0.05, 0.1) is 6.20 Å². The fourth-order valence-corrected chi connectivity index (χ4v) is 2.81. The van der Waals surface area contributed by atoms with Crippen LogP contribution in [0, 0.1) is 0 Å². The van der Waals surface area contributed by atoms with E-state index in [1.807, 2.05) is 0 Å². The fourth-order valence-electron chi connectivity index (χ4n) is 2.81. The van der Waals surface area contributed by atoms with E-state index in [9.17, 15) is 0 Å². The van der Waals surface area contributed by atoms with Gasteiger partial charge in [-0.25, -0.2) is 0 Å². The third-order valence-corrected chi connectivity index (χ3v) is 4.23. The Morgan fingerprint density at radius 1 is 1.00 bits per heavy atom. The molecule has 0 amide bonds. The molecular formula is C18H25N5. The molecule has 0 saturated carbocycles. The Morgan fingerprint density at radius 3 is 2.35 bits per heavy atom. The summed E-state index contributed by atoms with van der Waals surface area (Å²) in [6.45, 7) is 8.75. The lowest BCUT2D eigenvalue weighted by molar-refractivity contribution is 0.572. The number of hydrogen-bond acceptors (Lipinski definition) is 5. The standard InChI is InChI=1S/C18H25N5/c1-18(2,3)14-7-9-15(10-8-14)20-17-21-16(13-19-22-17)23-11-5-4-6-12-23/h7-10,13H,4-6,11-12H2,1-3H3,(H,20,21,22). The van der Waals surface area contributed by atoms with Gasteiger partial charge in [-0.3, -0.25) is 0 Å². The second kappa shape index (κ2) is 6.52. The van der Waals surface area contributed by atoms with Crippen molar-refractivity contribution in [1.82, 2.24) is 15.2 Å². The molecule has 1 fully saturated rings. The van der Waals surface area contributed by atoms with Crippen molar-refractivity contribution in [1.29, 1.82) is 0 Å². The number of piperidine rings is 1. The van der Waals surface area contributed by atoms with E-state index < -0.39 is 0 Å². The molecule has 0 aliphatic carbocycles. The van der Waals surface area contributed by atoms with Crippen molar-refractivity contribution in [2.24, 2.45) is 0 Å². The first-order valence-corrected chi connectivity index (χ1v) is 8.35. The summed E-state index contributed by atoms with van der Waals surface area (Å²) in [6, 6.07) is 8.42. The van der Waals surface area contributed by atoms with Crippen LogP contribution in [0.5, 0.6) is 0 Å². The molecule has 5 heteroatoms. The molecule has 1 aromatic heterocycles. The minimum Gasteiger partial charge on any atom is -0.355 e. The Labute approximate surface area is 138 Å². The van der Waals surface area contributed by atoms with Crippen molar-refractivity contribution < 1.29 is 0 Å². The van der Waals surface area contributed by atoms with Crippen LogP contribution < -0.4 is 10.2 Å². The molecular weight excluding hydrogens is 286 g/mol. The average molecular weight is 311 g/mol. The summed E-state index contributed by atoms with van der Waals surface area (Å²) in [5, 5.41) is 11.4. The van der Waals surface area contributed by atoms with Crippen molar-refractivity contribution in [3.63, 3.8) is 0 Å². The minimum absolute atomic E-state index is 0.158. The van der Waals surface area contributed by atoms with Crippen LogP contribution >= 0.6 is 0 Å². The lowest BCUT2D eigenvalue weighted by atomic mass is 9.87. The number of benzene rings is 1. The molecule has 1 N–H and O–H groups in total. The largest absolute Gasteiger partial charge is 0.355 e. The van der Waals surface area contributed by atoms with Gasteiger partial charge < -0.3 is 10.2 Å². The SMILES string of the molecule is CC(C)(C)c1ccc(Nc2nncc(N3CCCCC3)n2)cc1. The lowest BCUT2D eigenvalue weighted by Crippen LogP contribution is -2.30. The number of hydrogen-bond donors (Lipinski definition) is 1. The van der Waals surface area contributed by atoms with Crippen LogP contribution in [0.1, 0.15) is 45.6 Å². The molecule has 0 radical (unpaired) electrons. The highest BCUT2D eigenvalue weighted by Crippen LogP contribution is 2.24. The number of aromatic nitrogens is 3. The van der Waals surface area contributed by atoms with Gasteiger partial charge in [0.25, 0.3) is 0 Å². The van der Waals surface area contributed by atoms with E-state index in [0.717, 1.165) is 24.6 Å². The molecule has 5 nitrogen and oxygen atoms in total. The Morgan fingerprint density at radius 2 is 1.70 bits per heavy atom. The van der Waals surface area contributed by atoms with Crippen LogP contribution in [-0.4, -0.2) is 28.3 Å².